The molecule has 0 radical (unpaired) electrons. The Morgan fingerprint density at radius 2 is 2.10 bits per heavy atom. The molecule has 1 aliphatic rings. The molecule has 1 heterocycles. The Hall–Kier alpha value is -1.13. The second kappa shape index (κ2) is 7.04. The average Bonchev–Trinajstić information content (AvgIpc) is 2.42. The highest BCUT2D eigenvalue weighted by atomic mass is 19.1. The van der Waals surface area contributed by atoms with Crippen LogP contribution in [0.4, 0.5) is 10.1 Å². The fraction of sp³-hybridized carbons (Fsp3) is 0.625. The van der Waals surface area contributed by atoms with Gasteiger partial charge in [0, 0.05) is 37.0 Å². The topological polar surface area (TPSA) is 38.5 Å². The Balaban J connectivity index is 2.11. The monoisotopic (exact) mass is 280 g/mol. The summed E-state index contributed by atoms with van der Waals surface area (Å²) in [5, 5.41) is 0. The predicted octanol–water partition coefficient (Wildman–Crippen LogP) is 2.72. The highest BCUT2D eigenvalue weighted by molar-refractivity contribution is 5.55. The second-order valence-corrected chi connectivity index (χ2v) is 5.56. The molecule has 1 aromatic rings. The van der Waals surface area contributed by atoms with Gasteiger partial charge in [0.05, 0.1) is 6.10 Å². The first-order valence-electron chi connectivity index (χ1n) is 7.51. The third-order valence-corrected chi connectivity index (χ3v) is 3.81. The fourth-order valence-corrected chi connectivity index (χ4v) is 2.87. The quantitative estimate of drug-likeness (QED) is 0.901. The lowest BCUT2D eigenvalue weighted by atomic mass is 10.0. The Labute approximate surface area is 120 Å². The Morgan fingerprint density at radius 3 is 2.70 bits per heavy atom. The molecule has 0 spiro atoms. The number of benzene rings is 1. The molecule has 2 rings (SSSR count). The molecule has 3 nitrogen and oxygen atoms in total. The maximum Gasteiger partial charge on any atom is 0.128 e. The lowest BCUT2D eigenvalue weighted by molar-refractivity contribution is 0.0459. The molecule has 112 valence electrons. The third-order valence-electron chi connectivity index (χ3n) is 3.81. The molecule has 1 aromatic carbocycles. The van der Waals surface area contributed by atoms with Crippen LogP contribution in [-0.2, 0) is 11.2 Å². The van der Waals surface area contributed by atoms with Gasteiger partial charge in [0.15, 0.2) is 0 Å². The number of anilines is 1. The van der Waals surface area contributed by atoms with Crippen LogP contribution in [0.5, 0.6) is 0 Å². The molecule has 1 atom stereocenters. The van der Waals surface area contributed by atoms with E-state index in [1.54, 1.807) is 6.07 Å². The van der Waals surface area contributed by atoms with E-state index >= 15 is 0 Å². The number of halogens is 1. The van der Waals surface area contributed by atoms with Gasteiger partial charge in [-0.05, 0) is 45.2 Å². The summed E-state index contributed by atoms with van der Waals surface area (Å²) in [6.45, 7) is 6.54. The summed E-state index contributed by atoms with van der Waals surface area (Å²) in [4.78, 5) is 2.26. The number of hydrogen-bond donors (Lipinski definition) is 1. The predicted molar refractivity (Wildman–Crippen MR) is 80.6 cm³/mol. The summed E-state index contributed by atoms with van der Waals surface area (Å²) >= 11 is 0. The van der Waals surface area contributed by atoms with Crippen molar-refractivity contribution in [2.45, 2.75) is 45.3 Å². The van der Waals surface area contributed by atoms with Gasteiger partial charge in [-0.3, -0.25) is 0 Å². The molecular weight excluding hydrogens is 255 g/mol. The number of nitrogens with two attached hydrogens (primary N) is 1. The number of hydrogen-bond acceptors (Lipinski definition) is 3. The van der Waals surface area contributed by atoms with E-state index in [2.05, 4.69) is 4.90 Å². The van der Waals surface area contributed by atoms with Crippen LogP contribution >= 0.6 is 0 Å². The molecule has 0 saturated carbocycles. The summed E-state index contributed by atoms with van der Waals surface area (Å²) in [6.07, 6.45) is 2.93. The van der Waals surface area contributed by atoms with E-state index in [4.69, 9.17) is 10.5 Å². The maximum absolute atomic E-state index is 14.1. The molecule has 20 heavy (non-hydrogen) atoms. The van der Waals surface area contributed by atoms with E-state index in [1.807, 2.05) is 19.9 Å². The van der Waals surface area contributed by atoms with E-state index in [0.717, 1.165) is 43.8 Å². The minimum absolute atomic E-state index is 0.0355. The van der Waals surface area contributed by atoms with Gasteiger partial charge < -0.3 is 15.4 Å². The van der Waals surface area contributed by atoms with Gasteiger partial charge in [-0.15, -0.1) is 0 Å². The van der Waals surface area contributed by atoms with Crippen molar-refractivity contribution in [3.63, 3.8) is 0 Å². The highest BCUT2D eigenvalue weighted by Gasteiger charge is 2.22. The Kier molecular flexibility index (Phi) is 5.38. The van der Waals surface area contributed by atoms with Crippen molar-refractivity contribution in [1.82, 2.24) is 0 Å². The van der Waals surface area contributed by atoms with Gasteiger partial charge in [0.25, 0.3) is 0 Å². The first-order chi connectivity index (χ1) is 9.61. The molecule has 0 aromatic heterocycles. The Bertz CT molecular complexity index is 428. The average molecular weight is 280 g/mol. The molecular formula is C16H25FN2O. The molecule has 1 unspecified atom stereocenters. The van der Waals surface area contributed by atoms with E-state index in [0.29, 0.717) is 12.5 Å². The van der Waals surface area contributed by atoms with Crippen LogP contribution in [0.2, 0.25) is 0 Å². The first kappa shape index (κ1) is 15.3. The summed E-state index contributed by atoms with van der Waals surface area (Å²) in [5.41, 5.74) is 7.59. The number of rotatable bonds is 5. The minimum Gasteiger partial charge on any atom is -0.378 e. The van der Waals surface area contributed by atoms with Crippen LogP contribution in [0.25, 0.3) is 0 Å². The minimum atomic E-state index is -0.147. The summed E-state index contributed by atoms with van der Waals surface area (Å²) in [6, 6.07) is 5.27. The van der Waals surface area contributed by atoms with E-state index in [1.165, 1.54) is 6.07 Å². The zero-order chi connectivity index (χ0) is 14.5. The SMILES string of the molecule is CCOC1CCN(c2cccc(F)c2CC(C)N)CC1. The molecule has 1 saturated heterocycles. The number of piperidine rings is 1. The number of ether oxygens (including phenoxy) is 1. The summed E-state index contributed by atoms with van der Waals surface area (Å²) in [7, 11) is 0. The van der Waals surface area contributed by atoms with Gasteiger partial charge in [-0.25, -0.2) is 4.39 Å². The molecule has 0 aliphatic carbocycles. The maximum atomic E-state index is 14.1. The lowest BCUT2D eigenvalue weighted by Gasteiger charge is -2.34. The zero-order valence-electron chi connectivity index (χ0n) is 12.4. The van der Waals surface area contributed by atoms with Crippen molar-refractivity contribution in [3.05, 3.63) is 29.6 Å². The molecule has 1 fully saturated rings. The van der Waals surface area contributed by atoms with Gasteiger partial charge in [0.2, 0.25) is 0 Å². The van der Waals surface area contributed by atoms with Gasteiger partial charge in [-0.1, -0.05) is 6.07 Å². The van der Waals surface area contributed by atoms with Crippen molar-refractivity contribution in [2.75, 3.05) is 24.6 Å². The van der Waals surface area contributed by atoms with Crippen molar-refractivity contribution < 1.29 is 9.13 Å². The summed E-state index contributed by atoms with van der Waals surface area (Å²) < 4.78 is 19.7. The van der Waals surface area contributed by atoms with Crippen LogP contribution in [0.15, 0.2) is 18.2 Å². The molecule has 4 heteroatoms. The van der Waals surface area contributed by atoms with Crippen LogP contribution in [0.1, 0.15) is 32.3 Å². The second-order valence-electron chi connectivity index (χ2n) is 5.56. The van der Waals surface area contributed by atoms with Crippen molar-refractivity contribution in [3.8, 4) is 0 Å². The normalized spacial score (nSPS) is 18.3. The van der Waals surface area contributed by atoms with Crippen LogP contribution in [-0.4, -0.2) is 31.8 Å². The van der Waals surface area contributed by atoms with Crippen LogP contribution < -0.4 is 10.6 Å². The van der Waals surface area contributed by atoms with Gasteiger partial charge >= 0.3 is 0 Å². The van der Waals surface area contributed by atoms with E-state index in [-0.39, 0.29) is 11.9 Å². The largest absolute Gasteiger partial charge is 0.378 e. The van der Waals surface area contributed by atoms with Gasteiger partial charge in [-0.2, -0.15) is 0 Å². The van der Waals surface area contributed by atoms with Gasteiger partial charge in [0.1, 0.15) is 5.82 Å². The van der Waals surface area contributed by atoms with E-state index in [9.17, 15) is 4.39 Å². The molecule has 0 bridgehead atoms. The highest BCUT2D eigenvalue weighted by Crippen LogP contribution is 2.27. The molecule has 1 aliphatic heterocycles. The first-order valence-corrected chi connectivity index (χ1v) is 7.51. The van der Waals surface area contributed by atoms with Crippen LogP contribution in [0, 0.1) is 5.82 Å². The molecule has 0 amide bonds. The van der Waals surface area contributed by atoms with Crippen LogP contribution in [0.3, 0.4) is 0 Å². The standard InChI is InChI=1S/C16H25FN2O/c1-3-20-13-7-9-19(10-8-13)16-6-4-5-15(17)14(16)11-12(2)18/h4-6,12-13H,3,7-11,18H2,1-2H3. The summed E-state index contributed by atoms with van der Waals surface area (Å²) in [5.74, 6) is -0.147. The van der Waals surface area contributed by atoms with Crippen molar-refractivity contribution in [1.29, 1.82) is 0 Å². The fourth-order valence-electron chi connectivity index (χ4n) is 2.87. The van der Waals surface area contributed by atoms with E-state index < -0.39 is 0 Å². The lowest BCUT2D eigenvalue weighted by Crippen LogP contribution is -2.38. The molecule has 2 N–H and O–H groups in total. The third kappa shape index (κ3) is 3.70. The number of nitrogens with zero attached hydrogens (tertiary/aromatic N) is 1. The van der Waals surface area contributed by atoms with Crippen molar-refractivity contribution >= 4 is 5.69 Å². The van der Waals surface area contributed by atoms with Crippen molar-refractivity contribution in [2.24, 2.45) is 5.73 Å². The Morgan fingerprint density at radius 1 is 1.40 bits per heavy atom. The smallest absolute Gasteiger partial charge is 0.128 e. The zero-order valence-corrected chi connectivity index (χ0v) is 12.4.